The number of carbonyl (C=O) groups is 2. The van der Waals surface area contributed by atoms with E-state index in [0.29, 0.717) is 61.2 Å². The summed E-state index contributed by atoms with van der Waals surface area (Å²) in [6.45, 7) is 6.35. The van der Waals surface area contributed by atoms with Crippen LogP contribution in [0.1, 0.15) is 12.5 Å². The number of anilines is 1. The SMILES string of the molecule is CCOc1ccc(C2=C(Nc3ccc(OC)cc3)C(=O)N(CCN3CCOCC3)C2=O)cc1. The monoisotopic (exact) mass is 451 g/mol. The molecule has 8 heteroatoms. The Morgan fingerprint density at radius 1 is 0.909 bits per heavy atom. The van der Waals surface area contributed by atoms with E-state index in [1.165, 1.54) is 4.90 Å². The van der Waals surface area contributed by atoms with E-state index >= 15 is 0 Å². The molecule has 0 radical (unpaired) electrons. The van der Waals surface area contributed by atoms with Gasteiger partial charge in [-0.15, -0.1) is 0 Å². The van der Waals surface area contributed by atoms with Gasteiger partial charge in [-0.25, -0.2) is 0 Å². The van der Waals surface area contributed by atoms with Crippen LogP contribution in [0, 0.1) is 0 Å². The smallest absolute Gasteiger partial charge is 0.278 e. The zero-order valence-corrected chi connectivity index (χ0v) is 19.0. The van der Waals surface area contributed by atoms with E-state index in [-0.39, 0.29) is 17.5 Å². The highest BCUT2D eigenvalue weighted by atomic mass is 16.5. The van der Waals surface area contributed by atoms with Gasteiger partial charge in [-0.3, -0.25) is 19.4 Å². The second-order valence-corrected chi connectivity index (χ2v) is 7.78. The minimum Gasteiger partial charge on any atom is -0.497 e. The quantitative estimate of drug-likeness (QED) is 0.587. The van der Waals surface area contributed by atoms with Gasteiger partial charge in [-0.1, -0.05) is 12.1 Å². The Balaban J connectivity index is 1.60. The predicted molar refractivity (Wildman–Crippen MR) is 125 cm³/mol. The highest BCUT2D eigenvalue weighted by Gasteiger charge is 2.39. The van der Waals surface area contributed by atoms with Gasteiger partial charge in [0.1, 0.15) is 17.2 Å². The molecule has 1 saturated heterocycles. The fraction of sp³-hybridized carbons (Fsp3) is 0.360. The molecule has 2 aromatic rings. The molecule has 1 N–H and O–H groups in total. The fourth-order valence-corrected chi connectivity index (χ4v) is 3.93. The van der Waals surface area contributed by atoms with Crippen LogP contribution >= 0.6 is 0 Å². The molecule has 0 spiro atoms. The number of nitrogens with one attached hydrogen (secondary N) is 1. The molecule has 1 fully saturated rings. The van der Waals surface area contributed by atoms with Gasteiger partial charge in [0, 0.05) is 31.9 Å². The highest BCUT2D eigenvalue weighted by Crippen LogP contribution is 2.31. The van der Waals surface area contributed by atoms with Gasteiger partial charge in [-0.2, -0.15) is 0 Å². The molecular weight excluding hydrogens is 422 g/mol. The Hall–Kier alpha value is -3.36. The van der Waals surface area contributed by atoms with Crippen LogP contribution in [-0.2, 0) is 14.3 Å². The second kappa shape index (κ2) is 10.5. The van der Waals surface area contributed by atoms with Crippen molar-refractivity contribution < 1.29 is 23.8 Å². The van der Waals surface area contributed by atoms with Gasteiger partial charge in [0.05, 0.1) is 32.5 Å². The molecule has 0 atom stereocenters. The van der Waals surface area contributed by atoms with Crippen LogP contribution < -0.4 is 14.8 Å². The maximum absolute atomic E-state index is 13.4. The number of hydrogen-bond donors (Lipinski definition) is 1. The van der Waals surface area contributed by atoms with Crippen LogP contribution in [0.5, 0.6) is 11.5 Å². The van der Waals surface area contributed by atoms with Crippen LogP contribution in [0.3, 0.4) is 0 Å². The molecule has 0 bridgehead atoms. The standard InChI is InChI=1S/C25H29N3O5/c1-3-33-21-8-4-18(5-9-21)22-23(26-19-6-10-20(31-2)11-7-19)25(30)28(24(22)29)13-12-27-14-16-32-17-15-27/h4-11,26H,3,12-17H2,1-2H3. The van der Waals surface area contributed by atoms with Gasteiger partial charge < -0.3 is 19.5 Å². The Labute approximate surface area is 193 Å². The Morgan fingerprint density at radius 3 is 2.21 bits per heavy atom. The zero-order chi connectivity index (χ0) is 23.2. The molecule has 33 heavy (non-hydrogen) atoms. The third-order valence-corrected chi connectivity index (χ3v) is 5.72. The third kappa shape index (κ3) is 5.18. The molecule has 2 heterocycles. The van der Waals surface area contributed by atoms with Crippen LogP contribution in [0.4, 0.5) is 5.69 Å². The summed E-state index contributed by atoms with van der Waals surface area (Å²) in [5, 5.41) is 3.18. The number of nitrogens with zero attached hydrogens (tertiary/aromatic N) is 2. The van der Waals surface area contributed by atoms with Crippen molar-refractivity contribution in [3.8, 4) is 11.5 Å². The summed E-state index contributed by atoms with van der Waals surface area (Å²) in [7, 11) is 1.60. The molecule has 174 valence electrons. The highest BCUT2D eigenvalue weighted by molar-refractivity contribution is 6.36. The molecule has 4 rings (SSSR count). The Kier molecular flexibility index (Phi) is 7.26. The third-order valence-electron chi connectivity index (χ3n) is 5.72. The van der Waals surface area contributed by atoms with Crippen molar-refractivity contribution in [2.45, 2.75) is 6.92 Å². The first-order chi connectivity index (χ1) is 16.1. The molecule has 8 nitrogen and oxygen atoms in total. The van der Waals surface area contributed by atoms with Gasteiger partial charge in [-0.05, 0) is 48.9 Å². The van der Waals surface area contributed by atoms with Gasteiger partial charge in [0.15, 0.2) is 0 Å². The van der Waals surface area contributed by atoms with Gasteiger partial charge in [0.2, 0.25) is 0 Å². The predicted octanol–water partition coefficient (Wildman–Crippen LogP) is 2.62. The number of imide groups is 1. The largest absolute Gasteiger partial charge is 0.497 e. The lowest BCUT2D eigenvalue weighted by Gasteiger charge is -2.28. The molecule has 2 aliphatic rings. The van der Waals surface area contributed by atoms with Crippen LogP contribution in [-0.4, -0.2) is 74.7 Å². The topological polar surface area (TPSA) is 80.3 Å². The first-order valence-corrected chi connectivity index (χ1v) is 11.2. The first-order valence-electron chi connectivity index (χ1n) is 11.2. The number of ether oxygens (including phenoxy) is 3. The van der Waals surface area contributed by atoms with Gasteiger partial charge in [0.25, 0.3) is 11.8 Å². The number of benzene rings is 2. The minimum atomic E-state index is -0.326. The lowest BCUT2D eigenvalue weighted by atomic mass is 10.0. The van der Waals surface area contributed by atoms with Crippen molar-refractivity contribution in [2.75, 3.05) is 58.4 Å². The average molecular weight is 452 g/mol. The van der Waals surface area contributed by atoms with E-state index in [9.17, 15) is 9.59 Å². The summed E-state index contributed by atoms with van der Waals surface area (Å²) >= 11 is 0. The molecule has 0 saturated carbocycles. The summed E-state index contributed by atoms with van der Waals surface area (Å²) in [6.07, 6.45) is 0. The summed E-state index contributed by atoms with van der Waals surface area (Å²) in [6, 6.07) is 14.5. The van der Waals surface area contributed by atoms with Crippen molar-refractivity contribution in [3.05, 3.63) is 59.8 Å². The summed E-state index contributed by atoms with van der Waals surface area (Å²) in [4.78, 5) is 30.3. The summed E-state index contributed by atoms with van der Waals surface area (Å²) in [5.41, 5.74) is 2.00. The van der Waals surface area contributed by atoms with Crippen LogP contribution in [0.25, 0.3) is 5.57 Å². The number of hydrogen-bond acceptors (Lipinski definition) is 7. The molecular formula is C25H29N3O5. The number of amides is 2. The molecule has 0 unspecified atom stereocenters. The lowest BCUT2D eigenvalue weighted by Crippen LogP contribution is -2.43. The van der Waals surface area contributed by atoms with E-state index in [4.69, 9.17) is 14.2 Å². The van der Waals surface area contributed by atoms with E-state index in [2.05, 4.69) is 10.2 Å². The molecule has 0 aromatic heterocycles. The minimum absolute atomic E-state index is 0.274. The number of morpholine rings is 1. The summed E-state index contributed by atoms with van der Waals surface area (Å²) < 4.78 is 16.1. The zero-order valence-electron chi connectivity index (χ0n) is 19.0. The molecule has 2 aromatic carbocycles. The molecule has 0 aliphatic carbocycles. The lowest BCUT2D eigenvalue weighted by molar-refractivity contribution is -0.137. The van der Waals surface area contributed by atoms with Crippen LogP contribution in [0.15, 0.2) is 54.2 Å². The maximum Gasteiger partial charge on any atom is 0.278 e. The van der Waals surface area contributed by atoms with E-state index < -0.39 is 0 Å². The van der Waals surface area contributed by atoms with E-state index in [0.717, 1.165) is 13.1 Å². The number of rotatable bonds is 9. The number of carbonyl (C=O) groups excluding carboxylic acids is 2. The second-order valence-electron chi connectivity index (χ2n) is 7.78. The number of methoxy groups -OCH3 is 1. The average Bonchev–Trinajstić information content (AvgIpc) is 3.08. The Morgan fingerprint density at radius 2 is 1.58 bits per heavy atom. The Bertz CT molecular complexity index is 1010. The van der Waals surface area contributed by atoms with Crippen molar-refractivity contribution in [1.29, 1.82) is 0 Å². The first kappa shape index (κ1) is 22.8. The van der Waals surface area contributed by atoms with Crippen molar-refractivity contribution in [1.82, 2.24) is 9.80 Å². The molecule has 2 aliphatic heterocycles. The fourth-order valence-electron chi connectivity index (χ4n) is 3.93. The van der Waals surface area contributed by atoms with Crippen LogP contribution in [0.2, 0.25) is 0 Å². The normalized spacial score (nSPS) is 17.0. The van der Waals surface area contributed by atoms with Gasteiger partial charge >= 0.3 is 0 Å². The van der Waals surface area contributed by atoms with Crippen molar-refractivity contribution in [2.24, 2.45) is 0 Å². The molecule has 2 amide bonds. The summed E-state index contributed by atoms with van der Waals surface area (Å²) in [5.74, 6) is 0.802. The van der Waals surface area contributed by atoms with Crippen molar-refractivity contribution >= 4 is 23.1 Å². The maximum atomic E-state index is 13.4. The van der Waals surface area contributed by atoms with E-state index in [1.807, 2.05) is 43.3 Å². The van der Waals surface area contributed by atoms with E-state index in [1.54, 1.807) is 19.2 Å². The van der Waals surface area contributed by atoms with Crippen molar-refractivity contribution in [3.63, 3.8) is 0 Å².